The highest BCUT2D eigenvalue weighted by molar-refractivity contribution is 5.92. The lowest BCUT2D eigenvalue weighted by atomic mass is 10.1. The van der Waals surface area contributed by atoms with E-state index in [2.05, 4.69) is 20.0 Å². The number of hydrogen-bond donors (Lipinski definition) is 4. The van der Waals surface area contributed by atoms with Gasteiger partial charge in [-0.25, -0.2) is 9.59 Å². The van der Waals surface area contributed by atoms with Gasteiger partial charge >= 0.3 is 11.7 Å². The van der Waals surface area contributed by atoms with Crippen LogP contribution in [0.3, 0.4) is 0 Å². The van der Waals surface area contributed by atoms with Crippen molar-refractivity contribution in [2.45, 2.75) is 0 Å². The summed E-state index contributed by atoms with van der Waals surface area (Å²) in [5.74, 6) is -0.440. The summed E-state index contributed by atoms with van der Waals surface area (Å²) < 4.78 is 4.65. The number of nitrogen functional groups attached to an aromatic ring is 1. The molecule has 3 aromatic rings. The minimum atomic E-state index is -0.440. The maximum Gasteiger partial charge on any atom is 0.337 e. The molecule has 0 saturated carbocycles. The number of benzene rings is 2. The molecule has 22 heavy (non-hydrogen) atoms. The molecule has 0 atom stereocenters. The Kier molecular flexibility index (Phi) is 3.30. The number of carbonyl (C=O) groups excluding carboxylic acids is 1. The van der Waals surface area contributed by atoms with Crippen LogP contribution in [0.4, 0.5) is 17.1 Å². The molecule has 0 amide bonds. The second-order valence-corrected chi connectivity index (χ2v) is 4.76. The molecule has 0 aliphatic carbocycles. The van der Waals surface area contributed by atoms with Crippen molar-refractivity contribution in [1.29, 1.82) is 0 Å². The molecule has 0 fully saturated rings. The van der Waals surface area contributed by atoms with Gasteiger partial charge in [-0.2, -0.15) is 0 Å². The molecular weight excluding hydrogens is 284 g/mol. The highest BCUT2D eigenvalue weighted by atomic mass is 16.5. The number of methoxy groups -OCH3 is 1. The first-order valence-electron chi connectivity index (χ1n) is 6.54. The van der Waals surface area contributed by atoms with Gasteiger partial charge in [-0.3, -0.25) is 0 Å². The summed E-state index contributed by atoms with van der Waals surface area (Å²) in [6.07, 6.45) is 0. The van der Waals surface area contributed by atoms with Gasteiger partial charge in [-0.05, 0) is 36.4 Å². The molecule has 0 bridgehead atoms. The third kappa shape index (κ3) is 2.51. The van der Waals surface area contributed by atoms with E-state index >= 15 is 0 Å². The Morgan fingerprint density at radius 2 is 1.91 bits per heavy atom. The van der Waals surface area contributed by atoms with E-state index in [-0.39, 0.29) is 5.69 Å². The summed E-state index contributed by atoms with van der Waals surface area (Å²) in [4.78, 5) is 28.1. The minimum Gasteiger partial charge on any atom is -0.465 e. The number of fused-ring (bicyclic) bond motifs is 1. The van der Waals surface area contributed by atoms with Gasteiger partial charge in [0.1, 0.15) is 0 Å². The first-order valence-corrected chi connectivity index (χ1v) is 6.54. The fourth-order valence-electron chi connectivity index (χ4n) is 2.19. The summed E-state index contributed by atoms with van der Waals surface area (Å²) >= 11 is 0. The molecule has 5 N–H and O–H groups in total. The first-order chi connectivity index (χ1) is 10.6. The van der Waals surface area contributed by atoms with Crippen LogP contribution in [0, 0.1) is 0 Å². The second kappa shape index (κ2) is 5.28. The number of ether oxygens (including phenoxy) is 1. The monoisotopic (exact) mass is 298 g/mol. The summed E-state index contributed by atoms with van der Waals surface area (Å²) in [5, 5.41) is 3.14. The number of carbonyl (C=O) groups is 1. The molecule has 1 heterocycles. The second-order valence-electron chi connectivity index (χ2n) is 4.76. The van der Waals surface area contributed by atoms with Crippen LogP contribution in [0.25, 0.3) is 11.0 Å². The number of imidazole rings is 1. The van der Waals surface area contributed by atoms with Crippen molar-refractivity contribution >= 4 is 34.1 Å². The zero-order valence-corrected chi connectivity index (χ0v) is 11.8. The standard InChI is InChI=1S/C15H14N4O3/c1-22-14(20)8-2-4-11(10(16)6-8)17-9-3-5-12-13(7-9)19-15(21)18-12/h2-7,17H,16H2,1H3,(H2,18,19,21). The number of nitrogens with two attached hydrogens (primary N) is 1. The molecular formula is C15H14N4O3. The molecule has 7 heteroatoms. The predicted octanol–water partition coefficient (Wildman–Crippen LogP) is 1.97. The Morgan fingerprint density at radius 3 is 2.64 bits per heavy atom. The van der Waals surface area contributed by atoms with Crippen LogP contribution < -0.4 is 16.7 Å². The van der Waals surface area contributed by atoms with Crippen molar-refractivity contribution in [2.24, 2.45) is 0 Å². The number of aromatic nitrogens is 2. The van der Waals surface area contributed by atoms with Gasteiger partial charge in [0.15, 0.2) is 0 Å². The zero-order chi connectivity index (χ0) is 15.7. The van der Waals surface area contributed by atoms with Crippen LogP contribution in [0.5, 0.6) is 0 Å². The van der Waals surface area contributed by atoms with E-state index in [1.165, 1.54) is 7.11 Å². The summed E-state index contributed by atoms with van der Waals surface area (Å²) in [6, 6.07) is 10.3. The molecule has 2 aromatic carbocycles. The zero-order valence-electron chi connectivity index (χ0n) is 11.8. The summed E-state index contributed by atoms with van der Waals surface area (Å²) in [6.45, 7) is 0. The van der Waals surface area contributed by atoms with Crippen molar-refractivity contribution in [1.82, 2.24) is 9.97 Å². The third-order valence-corrected chi connectivity index (χ3v) is 3.27. The lowest BCUT2D eigenvalue weighted by molar-refractivity contribution is 0.0601. The van der Waals surface area contributed by atoms with Crippen LogP contribution in [-0.2, 0) is 4.74 Å². The average Bonchev–Trinajstić information content (AvgIpc) is 2.87. The van der Waals surface area contributed by atoms with Gasteiger partial charge in [0, 0.05) is 5.69 Å². The Balaban J connectivity index is 1.90. The van der Waals surface area contributed by atoms with Crippen molar-refractivity contribution in [3.63, 3.8) is 0 Å². The lowest BCUT2D eigenvalue weighted by Gasteiger charge is -2.10. The summed E-state index contributed by atoms with van der Waals surface area (Å²) in [7, 11) is 1.32. The van der Waals surface area contributed by atoms with Crippen LogP contribution >= 0.6 is 0 Å². The van der Waals surface area contributed by atoms with E-state index in [1.807, 2.05) is 6.07 Å². The maximum absolute atomic E-state index is 11.4. The van der Waals surface area contributed by atoms with Gasteiger partial charge in [0.2, 0.25) is 0 Å². The Bertz CT molecular complexity index is 911. The van der Waals surface area contributed by atoms with Crippen molar-refractivity contribution in [2.75, 3.05) is 18.2 Å². The van der Waals surface area contributed by atoms with Crippen LogP contribution in [0.15, 0.2) is 41.2 Å². The molecule has 0 aliphatic rings. The topological polar surface area (TPSA) is 113 Å². The highest BCUT2D eigenvalue weighted by Gasteiger charge is 2.08. The number of aromatic amines is 2. The SMILES string of the molecule is COC(=O)c1ccc(Nc2ccc3[nH]c(=O)[nH]c3c2)c(N)c1. The molecule has 112 valence electrons. The molecule has 7 nitrogen and oxygen atoms in total. The smallest absolute Gasteiger partial charge is 0.337 e. The Morgan fingerprint density at radius 1 is 1.14 bits per heavy atom. The van der Waals surface area contributed by atoms with Gasteiger partial charge in [-0.1, -0.05) is 0 Å². The maximum atomic E-state index is 11.4. The fraction of sp³-hybridized carbons (Fsp3) is 0.0667. The normalized spacial score (nSPS) is 10.6. The van der Waals surface area contributed by atoms with Crippen molar-refractivity contribution in [3.8, 4) is 0 Å². The number of anilines is 3. The molecule has 0 unspecified atom stereocenters. The third-order valence-electron chi connectivity index (χ3n) is 3.27. The molecule has 3 rings (SSSR count). The molecule has 0 aliphatic heterocycles. The molecule has 0 spiro atoms. The van der Waals surface area contributed by atoms with Gasteiger partial charge < -0.3 is 25.8 Å². The van der Waals surface area contributed by atoms with Crippen LogP contribution in [-0.4, -0.2) is 23.0 Å². The van der Waals surface area contributed by atoms with E-state index < -0.39 is 5.97 Å². The first kappa shape index (κ1) is 13.7. The van der Waals surface area contributed by atoms with Crippen LogP contribution in [0.2, 0.25) is 0 Å². The Hall–Kier alpha value is -3.22. The Labute approximate surface area is 125 Å². The number of rotatable bonds is 3. The van der Waals surface area contributed by atoms with Gasteiger partial charge in [0.05, 0.1) is 35.1 Å². The molecule has 0 radical (unpaired) electrons. The fourth-order valence-corrected chi connectivity index (χ4v) is 2.19. The van der Waals surface area contributed by atoms with Crippen LogP contribution in [0.1, 0.15) is 10.4 Å². The number of esters is 1. The van der Waals surface area contributed by atoms with E-state index in [0.717, 1.165) is 11.2 Å². The number of hydrogen-bond acceptors (Lipinski definition) is 5. The van der Waals surface area contributed by atoms with E-state index in [9.17, 15) is 9.59 Å². The van der Waals surface area contributed by atoms with Crippen molar-refractivity contribution in [3.05, 3.63) is 52.4 Å². The lowest BCUT2D eigenvalue weighted by Crippen LogP contribution is -2.03. The van der Waals surface area contributed by atoms with Crippen molar-refractivity contribution < 1.29 is 9.53 Å². The van der Waals surface area contributed by atoms with Gasteiger partial charge in [-0.15, -0.1) is 0 Å². The van der Waals surface area contributed by atoms with E-state index in [1.54, 1.807) is 30.3 Å². The number of nitrogens with one attached hydrogen (secondary N) is 3. The molecule has 0 saturated heterocycles. The molecule has 1 aromatic heterocycles. The average molecular weight is 298 g/mol. The quantitative estimate of drug-likeness (QED) is 0.436. The van der Waals surface area contributed by atoms with E-state index in [4.69, 9.17) is 5.73 Å². The number of H-pyrrole nitrogens is 2. The summed E-state index contributed by atoms with van der Waals surface area (Å²) in [5.41, 5.74) is 9.34. The van der Waals surface area contributed by atoms with E-state index in [0.29, 0.717) is 22.5 Å². The largest absolute Gasteiger partial charge is 0.465 e. The predicted molar refractivity (Wildman–Crippen MR) is 84.4 cm³/mol. The minimum absolute atomic E-state index is 0.255. The highest BCUT2D eigenvalue weighted by Crippen LogP contribution is 2.25. The van der Waals surface area contributed by atoms with Gasteiger partial charge in [0.25, 0.3) is 0 Å².